The molecule has 1 aliphatic heterocycles. The van der Waals surface area contributed by atoms with E-state index < -0.39 is 9.84 Å². The molecule has 0 N–H and O–H groups in total. The smallest absolute Gasteiger partial charge is 0.179 e. The van der Waals surface area contributed by atoms with E-state index in [0.29, 0.717) is 18.1 Å². The lowest BCUT2D eigenvalue weighted by atomic mass is 10.1. The van der Waals surface area contributed by atoms with E-state index in [0.717, 1.165) is 5.92 Å². The molecule has 1 aromatic rings. The number of hydrogen-bond donors (Lipinski definition) is 0. The fraction of sp³-hybridized carbons (Fsp3) is 0.300. The average molecular weight is 211 g/mol. The molecule has 0 saturated carbocycles. The maximum atomic E-state index is 11.8. The predicted molar refractivity (Wildman–Crippen MR) is 52.6 cm³/mol. The highest BCUT2D eigenvalue weighted by molar-refractivity contribution is 7.91. The number of sulfone groups is 1. The Balaban J connectivity index is 2.15. The molecule has 1 radical (unpaired) electrons. The molecule has 0 unspecified atom stereocenters. The second kappa shape index (κ2) is 3.71. The predicted octanol–water partition coefficient (Wildman–Crippen LogP) is 1.06. The van der Waals surface area contributed by atoms with Gasteiger partial charge in [0.25, 0.3) is 0 Å². The van der Waals surface area contributed by atoms with Crippen molar-refractivity contribution >= 4 is 9.84 Å². The van der Waals surface area contributed by atoms with E-state index in [-0.39, 0.29) is 5.75 Å². The first-order valence-electron chi connectivity index (χ1n) is 4.37. The van der Waals surface area contributed by atoms with E-state index in [2.05, 4.69) is 0 Å². The van der Waals surface area contributed by atoms with Crippen molar-refractivity contribution in [3.63, 3.8) is 0 Å². The summed E-state index contributed by atoms with van der Waals surface area (Å²) in [6, 6.07) is 8.51. The van der Waals surface area contributed by atoms with Crippen molar-refractivity contribution in [3.05, 3.63) is 36.2 Å². The zero-order valence-electron chi connectivity index (χ0n) is 7.64. The molecule has 1 aliphatic rings. The van der Waals surface area contributed by atoms with Crippen molar-refractivity contribution in [1.82, 2.24) is 0 Å². The Labute approximate surface area is 83.6 Å². The van der Waals surface area contributed by atoms with Crippen LogP contribution < -0.4 is 0 Å². The molecule has 4 heteroatoms. The molecule has 1 saturated heterocycles. The third-order valence-electron chi connectivity index (χ3n) is 2.11. The van der Waals surface area contributed by atoms with Gasteiger partial charge in [0.05, 0.1) is 23.9 Å². The molecule has 0 amide bonds. The summed E-state index contributed by atoms with van der Waals surface area (Å²) < 4.78 is 28.4. The second-order valence-corrected chi connectivity index (χ2v) is 5.30. The van der Waals surface area contributed by atoms with Crippen LogP contribution in [0.1, 0.15) is 0 Å². The first kappa shape index (κ1) is 9.68. The highest BCUT2D eigenvalue weighted by Gasteiger charge is 2.27. The van der Waals surface area contributed by atoms with Crippen LogP contribution in [-0.2, 0) is 14.6 Å². The van der Waals surface area contributed by atoms with Gasteiger partial charge >= 0.3 is 0 Å². The molecular weight excluding hydrogens is 200 g/mol. The van der Waals surface area contributed by atoms with Gasteiger partial charge in [-0.3, -0.25) is 0 Å². The molecule has 14 heavy (non-hydrogen) atoms. The normalized spacial score (nSPS) is 17.7. The van der Waals surface area contributed by atoms with Crippen LogP contribution in [0.25, 0.3) is 0 Å². The molecule has 0 bridgehead atoms. The quantitative estimate of drug-likeness (QED) is 0.751. The molecule has 2 rings (SSSR count). The molecule has 0 aliphatic carbocycles. The molecule has 0 atom stereocenters. The van der Waals surface area contributed by atoms with E-state index in [4.69, 9.17) is 4.74 Å². The fourth-order valence-corrected chi connectivity index (χ4v) is 2.75. The molecule has 0 spiro atoms. The van der Waals surface area contributed by atoms with Gasteiger partial charge in [-0.2, -0.15) is 0 Å². The van der Waals surface area contributed by atoms with E-state index in [1.165, 1.54) is 0 Å². The Morgan fingerprint density at radius 2 is 1.79 bits per heavy atom. The van der Waals surface area contributed by atoms with E-state index in [9.17, 15) is 8.42 Å². The summed E-state index contributed by atoms with van der Waals surface area (Å²) in [5, 5.41) is 0. The summed E-state index contributed by atoms with van der Waals surface area (Å²) in [5.74, 6) is 1.07. The average Bonchev–Trinajstić information content (AvgIpc) is 2.13. The topological polar surface area (TPSA) is 43.4 Å². The van der Waals surface area contributed by atoms with Crippen LogP contribution >= 0.6 is 0 Å². The van der Waals surface area contributed by atoms with Gasteiger partial charge in [-0.25, -0.2) is 8.42 Å². The Kier molecular flexibility index (Phi) is 2.56. The van der Waals surface area contributed by atoms with Crippen LogP contribution in [0, 0.1) is 5.92 Å². The Morgan fingerprint density at radius 1 is 1.14 bits per heavy atom. The Morgan fingerprint density at radius 3 is 2.29 bits per heavy atom. The molecule has 1 aromatic carbocycles. The highest BCUT2D eigenvalue weighted by atomic mass is 32.2. The van der Waals surface area contributed by atoms with Gasteiger partial charge < -0.3 is 4.74 Å². The van der Waals surface area contributed by atoms with Gasteiger partial charge in [0.2, 0.25) is 0 Å². The van der Waals surface area contributed by atoms with Crippen molar-refractivity contribution in [2.24, 2.45) is 0 Å². The minimum atomic E-state index is -3.14. The van der Waals surface area contributed by atoms with E-state index >= 15 is 0 Å². The lowest BCUT2D eigenvalue weighted by Crippen LogP contribution is -2.31. The lowest BCUT2D eigenvalue weighted by Gasteiger charge is -2.24. The summed E-state index contributed by atoms with van der Waals surface area (Å²) in [6.07, 6.45) is 0. The van der Waals surface area contributed by atoms with Gasteiger partial charge in [-0.05, 0) is 12.1 Å². The van der Waals surface area contributed by atoms with E-state index in [1.54, 1.807) is 30.3 Å². The van der Waals surface area contributed by atoms with Gasteiger partial charge in [-0.15, -0.1) is 0 Å². The molecular formula is C10H11O3S. The molecule has 3 nitrogen and oxygen atoms in total. The standard InChI is InChI=1S/C10H11O3S/c11-14(12,8-9-6-13-7-9)10-4-2-1-3-5-10/h1-5H,6-8H2. The van der Waals surface area contributed by atoms with Crippen molar-refractivity contribution in [2.45, 2.75) is 4.90 Å². The molecule has 0 aromatic heterocycles. The largest absolute Gasteiger partial charge is 0.380 e. The number of ether oxygens (including phenoxy) is 1. The fourth-order valence-electron chi connectivity index (χ4n) is 1.31. The van der Waals surface area contributed by atoms with Crippen LogP contribution in [0.5, 0.6) is 0 Å². The minimum Gasteiger partial charge on any atom is -0.380 e. The van der Waals surface area contributed by atoms with Crippen molar-refractivity contribution < 1.29 is 13.2 Å². The van der Waals surface area contributed by atoms with Gasteiger partial charge in [0, 0.05) is 5.92 Å². The first-order valence-corrected chi connectivity index (χ1v) is 6.03. The minimum absolute atomic E-state index is 0.122. The van der Waals surface area contributed by atoms with Crippen LogP contribution in [-0.4, -0.2) is 27.4 Å². The lowest BCUT2D eigenvalue weighted by molar-refractivity contribution is 0.0680. The summed E-state index contributed by atoms with van der Waals surface area (Å²) >= 11 is 0. The summed E-state index contributed by atoms with van der Waals surface area (Å²) in [5.41, 5.74) is 0. The Bertz CT molecular complexity index is 393. The zero-order chi connectivity index (χ0) is 10.0. The SMILES string of the molecule is O=S(=O)(C[C]1COC1)c1ccccc1. The zero-order valence-corrected chi connectivity index (χ0v) is 8.46. The molecule has 75 valence electrons. The van der Waals surface area contributed by atoms with Crippen LogP contribution in [0.2, 0.25) is 0 Å². The molecule has 1 fully saturated rings. The Hall–Kier alpha value is -0.870. The van der Waals surface area contributed by atoms with Crippen LogP contribution in [0.15, 0.2) is 35.2 Å². The maximum Gasteiger partial charge on any atom is 0.179 e. The van der Waals surface area contributed by atoms with Crippen molar-refractivity contribution in [1.29, 1.82) is 0 Å². The highest BCUT2D eigenvalue weighted by Crippen LogP contribution is 2.19. The number of benzene rings is 1. The maximum absolute atomic E-state index is 11.8. The second-order valence-electron chi connectivity index (χ2n) is 3.31. The third-order valence-corrected chi connectivity index (χ3v) is 3.89. The van der Waals surface area contributed by atoms with E-state index in [1.807, 2.05) is 0 Å². The summed E-state index contributed by atoms with van der Waals surface area (Å²) in [7, 11) is -3.14. The molecule has 1 heterocycles. The van der Waals surface area contributed by atoms with Crippen LogP contribution in [0.4, 0.5) is 0 Å². The van der Waals surface area contributed by atoms with Crippen LogP contribution in [0.3, 0.4) is 0 Å². The first-order chi connectivity index (χ1) is 6.68. The van der Waals surface area contributed by atoms with Gasteiger partial charge in [0.15, 0.2) is 9.84 Å². The number of hydrogen-bond acceptors (Lipinski definition) is 3. The van der Waals surface area contributed by atoms with Gasteiger partial charge in [0.1, 0.15) is 0 Å². The monoisotopic (exact) mass is 211 g/mol. The van der Waals surface area contributed by atoms with Crippen molar-refractivity contribution in [2.75, 3.05) is 19.0 Å². The summed E-state index contributed by atoms with van der Waals surface area (Å²) in [4.78, 5) is 0.388. The summed E-state index contributed by atoms with van der Waals surface area (Å²) in [6.45, 7) is 0.984. The third kappa shape index (κ3) is 1.96. The van der Waals surface area contributed by atoms with Crippen molar-refractivity contribution in [3.8, 4) is 0 Å². The number of rotatable bonds is 3. The van der Waals surface area contributed by atoms with Gasteiger partial charge in [-0.1, -0.05) is 18.2 Å².